The molecule has 7 heteroatoms. The molecule has 1 nitrogen and oxygen atoms in total. The van der Waals surface area contributed by atoms with Crippen LogP contribution in [0.1, 0.15) is 32.6 Å². The van der Waals surface area contributed by atoms with Crippen LogP contribution >= 0.6 is 0 Å². The Morgan fingerprint density at radius 3 is 1.79 bits per heavy atom. The third-order valence-corrected chi connectivity index (χ3v) is 4.96. The van der Waals surface area contributed by atoms with Gasteiger partial charge in [-0.25, -0.2) is 0 Å². The predicted octanol–water partition coefficient (Wildman–Crippen LogP) is 3.91. The summed E-state index contributed by atoms with van der Waals surface area (Å²) in [4.78, 5) is 0. The summed E-state index contributed by atoms with van der Waals surface area (Å²) in [7, 11) is 0. The predicted molar refractivity (Wildman–Crippen MR) is 55.2 cm³/mol. The average Bonchev–Trinajstić information content (AvgIpc) is 2.85. The standard InChI is InChI=1S/C12H16F6O/c1-6(9-5-7-2-3-8(9)4-7)10(19,11(13,14)15)12(16,17)18/h6-9,19H,2-5H2,1H3/t6-,7?,8?,9?/m0/s1. The molecule has 0 aromatic heterocycles. The molecule has 2 aliphatic carbocycles. The first-order valence-corrected chi connectivity index (χ1v) is 6.34. The van der Waals surface area contributed by atoms with Crippen LogP contribution in [0.3, 0.4) is 0 Å². The van der Waals surface area contributed by atoms with Gasteiger partial charge in [0, 0.05) is 5.92 Å². The van der Waals surface area contributed by atoms with Gasteiger partial charge in [-0.3, -0.25) is 0 Å². The molecule has 2 rings (SSSR count). The molecule has 0 amide bonds. The molecule has 1 N–H and O–H groups in total. The van der Waals surface area contributed by atoms with Crippen LogP contribution in [-0.4, -0.2) is 23.1 Å². The number of rotatable bonds is 2. The van der Waals surface area contributed by atoms with Crippen LogP contribution < -0.4 is 0 Å². The van der Waals surface area contributed by atoms with Crippen LogP contribution in [0.25, 0.3) is 0 Å². The van der Waals surface area contributed by atoms with Crippen LogP contribution in [-0.2, 0) is 0 Å². The number of fused-ring (bicyclic) bond motifs is 2. The van der Waals surface area contributed by atoms with Crippen molar-refractivity contribution in [2.75, 3.05) is 0 Å². The highest BCUT2D eigenvalue weighted by Crippen LogP contribution is 2.57. The quantitative estimate of drug-likeness (QED) is 0.764. The van der Waals surface area contributed by atoms with Crippen molar-refractivity contribution in [1.29, 1.82) is 0 Å². The summed E-state index contributed by atoms with van der Waals surface area (Å²) in [5.41, 5.74) is -4.60. The smallest absolute Gasteiger partial charge is 0.373 e. The molecule has 0 heterocycles. The van der Waals surface area contributed by atoms with E-state index in [0.717, 1.165) is 13.3 Å². The molecular formula is C12H16F6O. The molecule has 0 aliphatic heterocycles. The molecule has 4 atom stereocenters. The van der Waals surface area contributed by atoms with Gasteiger partial charge >= 0.3 is 12.4 Å². The van der Waals surface area contributed by atoms with E-state index in [0.29, 0.717) is 19.3 Å². The Labute approximate surface area is 107 Å². The van der Waals surface area contributed by atoms with Crippen molar-refractivity contribution in [2.24, 2.45) is 23.7 Å². The minimum atomic E-state index is -5.70. The zero-order valence-electron chi connectivity index (χ0n) is 10.4. The van der Waals surface area contributed by atoms with Gasteiger partial charge in [-0.2, -0.15) is 26.3 Å². The lowest BCUT2D eigenvalue weighted by molar-refractivity contribution is -0.388. The maximum atomic E-state index is 12.8. The van der Waals surface area contributed by atoms with E-state index in [1.807, 2.05) is 0 Å². The Morgan fingerprint density at radius 1 is 0.947 bits per heavy atom. The maximum absolute atomic E-state index is 12.8. The van der Waals surface area contributed by atoms with Crippen molar-refractivity contribution in [1.82, 2.24) is 0 Å². The van der Waals surface area contributed by atoms with Crippen molar-refractivity contribution in [3.8, 4) is 0 Å². The summed E-state index contributed by atoms with van der Waals surface area (Å²) >= 11 is 0. The molecule has 2 aliphatic rings. The number of alkyl halides is 6. The van der Waals surface area contributed by atoms with E-state index in [1.54, 1.807) is 0 Å². The Kier molecular flexibility index (Phi) is 3.35. The Hall–Kier alpha value is -0.460. The van der Waals surface area contributed by atoms with Crippen LogP contribution in [0.5, 0.6) is 0 Å². The fourth-order valence-corrected chi connectivity index (χ4v) is 3.89. The lowest BCUT2D eigenvalue weighted by Gasteiger charge is -2.42. The third-order valence-electron chi connectivity index (χ3n) is 4.96. The van der Waals surface area contributed by atoms with Gasteiger partial charge in [0.15, 0.2) is 0 Å². The van der Waals surface area contributed by atoms with Crippen molar-refractivity contribution in [3.63, 3.8) is 0 Å². The molecule has 0 spiro atoms. The minimum Gasteiger partial charge on any atom is -0.373 e. The first-order chi connectivity index (χ1) is 8.48. The van der Waals surface area contributed by atoms with Gasteiger partial charge in [0.2, 0.25) is 0 Å². The Balaban J connectivity index is 2.29. The van der Waals surface area contributed by atoms with E-state index in [4.69, 9.17) is 0 Å². The Bertz CT molecular complexity index is 333. The van der Waals surface area contributed by atoms with E-state index in [2.05, 4.69) is 0 Å². The topological polar surface area (TPSA) is 20.2 Å². The molecule has 112 valence electrons. The third kappa shape index (κ3) is 2.14. The van der Waals surface area contributed by atoms with Crippen LogP contribution in [0.2, 0.25) is 0 Å². The van der Waals surface area contributed by atoms with Gasteiger partial charge in [0.05, 0.1) is 0 Å². The largest absolute Gasteiger partial charge is 0.426 e. The molecule has 0 aromatic rings. The summed E-state index contributed by atoms with van der Waals surface area (Å²) in [6.07, 6.45) is -8.80. The zero-order valence-corrected chi connectivity index (χ0v) is 10.4. The second-order valence-corrected chi connectivity index (χ2v) is 5.89. The first-order valence-electron chi connectivity index (χ1n) is 6.34. The number of hydrogen-bond acceptors (Lipinski definition) is 1. The van der Waals surface area contributed by atoms with Gasteiger partial charge < -0.3 is 5.11 Å². The van der Waals surface area contributed by atoms with Crippen molar-refractivity contribution >= 4 is 0 Å². The van der Waals surface area contributed by atoms with Crippen molar-refractivity contribution in [3.05, 3.63) is 0 Å². The fraction of sp³-hybridized carbons (Fsp3) is 1.00. The van der Waals surface area contributed by atoms with Crippen molar-refractivity contribution < 1.29 is 31.4 Å². The molecule has 0 aromatic carbocycles. The average molecular weight is 290 g/mol. The Morgan fingerprint density at radius 2 is 1.47 bits per heavy atom. The normalized spacial score (nSPS) is 33.8. The molecule has 19 heavy (non-hydrogen) atoms. The number of hydrogen-bond donors (Lipinski definition) is 1. The molecule has 3 unspecified atom stereocenters. The van der Waals surface area contributed by atoms with E-state index in [1.165, 1.54) is 0 Å². The van der Waals surface area contributed by atoms with Gasteiger partial charge in [-0.05, 0) is 37.0 Å². The summed E-state index contributed by atoms with van der Waals surface area (Å²) in [6.45, 7) is 0.881. The SMILES string of the molecule is C[C@@H](C1CC2CCC1C2)C(O)(C(F)(F)F)C(F)(F)F. The van der Waals surface area contributed by atoms with E-state index in [9.17, 15) is 31.4 Å². The number of halogens is 6. The molecule has 2 fully saturated rings. The lowest BCUT2D eigenvalue weighted by atomic mass is 9.71. The summed E-state index contributed by atoms with van der Waals surface area (Å²) < 4.78 is 76.7. The molecule has 2 saturated carbocycles. The summed E-state index contributed by atoms with van der Waals surface area (Å²) in [6, 6.07) is 0. The maximum Gasteiger partial charge on any atom is 0.426 e. The van der Waals surface area contributed by atoms with Gasteiger partial charge in [0.25, 0.3) is 5.60 Å². The van der Waals surface area contributed by atoms with Crippen molar-refractivity contribution in [2.45, 2.75) is 50.6 Å². The highest BCUT2D eigenvalue weighted by molar-refractivity contribution is 5.04. The monoisotopic (exact) mass is 290 g/mol. The van der Waals surface area contributed by atoms with E-state index >= 15 is 0 Å². The fourth-order valence-electron chi connectivity index (χ4n) is 3.89. The van der Waals surface area contributed by atoms with Crippen LogP contribution in [0, 0.1) is 23.7 Å². The molecule has 0 saturated heterocycles. The lowest BCUT2D eigenvalue weighted by Crippen LogP contribution is -2.62. The van der Waals surface area contributed by atoms with E-state index < -0.39 is 29.8 Å². The van der Waals surface area contributed by atoms with Gasteiger partial charge in [0.1, 0.15) is 0 Å². The summed E-state index contributed by atoms with van der Waals surface area (Å²) in [5.74, 6) is -2.45. The highest BCUT2D eigenvalue weighted by Gasteiger charge is 2.74. The summed E-state index contributed by atoms with van der Waals surface area (Å²) in [5, 5.41) is 9.39. The van der Waals surface area contributed by atoms with Gasteiger partial charge in [-0.15, -0.1) is 0 Å². The minimum absolute atomic E-state index is 0.115. The zero-order chi connectivity index (χ0) is 14.6. The molecule has 0 radical (unpaired) electrons. The number of aliphatic hydroxyl groups is 1. The van der Waals surface area contributed by atoms with Crippen LogP contribution in [0.4, 0.5) is 26.3 Å². The first kappa shape index (κ1) is 14.9. The van der Waals surface area contributed by atoms with E-state index in [-0.39, 0.29) is 11.8 Å². The van der Waals surface area contributed by atoms with Gasteiger partial charge in [-0.1, -0.05) is 13.3 Å². The highest BCUT2D eigenvalue weighted by atomic mass is 19.4. The molecular weight excluding hydrogens is 274 g/mol. The molecule has 2 bridgehead atoms. The second kappa shape index (κ2) is 4.27. The second-order valence-electron chi connectivity index (χ2n) is 5.89. The van der Waals surface area contributed by atoms with Crippen LogP contribution in [0.15, 0.2) is 0 Å².